The molecule has 2 atom stereocenters. The van der Waals surface area contributed by atoms with Gasteiger partial charge in [-0.15, -0.1) is 0 Å². The Balaban J connectivity index is 1.71. The standard InChI is InChI=1S/C22H17BrClNO4/c23-13-5-3-12(4-6-13)19-18-20(26)16-10-14(24)7-8-17(16)29-21(18)22(27)25(19)11-15-2-1-9-28-15/h3-8,10,15,19H,1-2,9,11H2/t15-,19-/m0/s1. The number of halogens is 2. The Morgan fingerprint density at radius 2 is 1.93 bits per heavy atom. The number of carbonyl (C=O) groups excluding carboxylic acids is 1. The average molecular weight is 475 g/mol. The van der Waals surface area contributed by atoms with E-state index in [0.717, 1.165) is 22.9 Å². The van der Waals surface area contributed by atoms with Crippen molar-refractivity contribution in [3.05, 3.63) is 79.1 Å². The Kier molecular flexibility index (Phi) is 4.73. The minimum absolute atomic E-state index is 0.0369. The van der Waals surface area contributed by atoms with Crippen molar-refractivity contribution >= 4 is 44.4 Å². The second kappa shape index (κ2) is 7.27. The lowest BCUT2D eigenvalue weighted by Crippen LogP contribution is -2.36. The summed E-state index contributed by atoms with van der Waals surface area (Å²) in [6.07, 6.45) is 1.83. The van der Waals surface area contributed by atoms with E-state index >= 15 is 0 Å². The first-order valence-electron chi connectivity index (χ1n) is 9.47. The van der Waals surface area contributed by atoms with Crippen LogP contribution in [0.3, 0.4) is 0 Å². The largest absolute Gasteiger partial charge is 0.450 e. The third-order valence-corrected chi connectivity index (χ3v) is 6.30. The quantitative estimate of drug-likeness (QED) is 0.540. The number of hydrogen-bond acceptors (Lipinski definition) is 4. The molecule has 3 aromatic rings. The Morgan fingerprint density at radius 3 is 2.66 bits per heavy atom. The maximum absolute atomic E-state index is 13.4. The molecule has 0 radical (unpaired) electrons. The first-order chi connectivity index (χ1) is 14.0. The van der Waals surface area contributed by atoms with Gasteiger partial charge in [-0.05, 0) is 48.7 Å². The molecule has 2 aliphatic heterocycles. The van der Waals surface area contributed by atoms with Gasteiger partial charge in [0.05, 0.1) is 23.1 Å². The van der Waals surface area contributed by atoms with Crippen LogP contribution in [0.2, 0.25) is 5.02 Å². The summed E-state index contributed by atoms with van der Waals surface area (Å²) in [5.74, 6) is -0.173. The van der Waals surface area contributed by atoms with Gasteiger partial charge in [-0.2, -0.15) is 0 Å². The van der Waals surface area contributed by atoms with E-state index in [0.29, 0.717) is 34.7 Å². The Labute approximate surface area is 180 Å². The molecule has 1 fully saturated rings. The highest BCUT2D eigenvalue weighted by molar-refractivity contribution is 9.10. The number of ether oxygens (including phenoxy) is 1. The number of amides is 1. The molecule has 0 saturated carbocycles. The number of carbonyl (C=O) groups is 1. The van der Waals surface area contributed by atoms with E-state index in [9.17, 15) is 9.59 Å². The molecule has 7 heteroatoms. The number of fused-ring (bicyclic) bond motifs is 2. The van der Waals surface area contributed by atoms with Crippen LogP contribution in [0.4, 0.5) is 0 Å². The highest BCUT2D eigenvalue weighted by atomic mass is 79.9. The van der Waals surface area contributed by atoms with Crippen LogP contribution >= 0.6 is 27.5 Å². The van der Waals surface area contributed by atoms with E-state index in [2.05, 4.69) is 15.9 Å². The highest BCUT2D eigenvalue weighted by Crippen LogP contribution is 2.39. The third kappa shape index (κ3) is 3.19. The van der Waals surface area contributed by atoms with Gasteiger partial charge in [-0.3, -0.25) is 9.59 Å². The Hall–Kier alpha value is -2.15. The fraction of sp³-hybridized carbons (Fsp3) is 0.273. The predicted molar refractivity (Wildman–Crippen MR) is 113 cm³/mol. The van der Waals surface area contributed by atoms with Crippen molar-refractivity contribution in [2.24, 2.45) is 0 Å². The number of nitrogens with zero attached hydrogens (tertiary/aromatic N) is 1. The van der Waals surface area contributed by atoms with Gasteiger partial charge in [0.15, 0.2) is 5.43 Å². The Bertz CT molecular complexity index is 1170. The molecular formula is C22H17BrClNO4. The minimum Gasteiger partial charge on any atom is -0.450 e. The second-order valence-corrected chi connectivity index (χ2v) is 8.71. The summed E-state index contributed by atoms with van der Waals surface area (Å²) in [6, 6.07) is 12.0. The van der Waals surface area contributed by atoms with Gasteiger partial charge in [-0.1, -0.05) is 39.7 Å². The lowest BCUT2D eigenvalue weighted by Gasteiger charge is -2.27. The summed E-state index contributed by atoms with van der Waals surface area (Å²) in [6.45, 7) is 1.11. The van der Waals surface area contributed by atoms with Crippen molar-refractivity contribution in [1.82, 2.24) is 4.90 Å². The normalized spacial score (nSPS) is 21.2. The Morgan fingerprint density at radius 1 is 1.14 bits per heavy atom. The van der Waals surface area contributed by atoms with Crippen molar-refractivity contribution in [3.63, 3.8) is 0 Å². The topological polar surface area (TPSA) is 59.8 Å². The molecule has 0 spiro atoms. The zero-order chi connectivity index (χ0) is 20.1. The molecule has 0 unspecified atom stereocenters. The highest BCUT2D eigenvalue weighted by Gasteiger charge is 2.43. The summed E-state index contributed by atoms with van der Waals surface area (Å²) >= 11 is 9.55. The summed E-state index contributed by atoms with van der Waals surface area (Å²) in [5.41, 5.74) is 1.36. The first kappa shape index (κ1) is 18.9. The molecule has 0 bridgehead atoms. The molecule has 0 aliphatic carbocycles. The number of rotatable bonds is 3. The third-order valence-electron chi connectivity index (χ3n) is 5.54. The van der Waals surface area contributed by atoms with Crippen molar-refractivity contribution < 1.29 is 13.9 Å². The molecular weight excluding hydrogens is 458 g/mol. The van der Waals surface area contributed by atoms with Gasteiger partial charge in [0.25, 0.3) is 5.91 Å². The maximum Gasteiger partial charge on any atom is 0.291 e. The molecule has 1 saturated heterocycles. The molecule has 2 aromatic carbocycles. The first-order valence-corrected chi connectivity index (χ1v) is 10.6. The van der Waals surface area contributed by atoms with Crippen molar-refractivity contribution in [3.8, 4) is 0 Å². The smallest absolute Gasteiger partial charge is 0.291 e. The van der Waals surface area contributed by atoms with E-state index in [1.165, 1.54) is 0 Å². The van der Waals surface area contributed by atoms with E-state index < -0.39 is 6.04 Å². The minimum atomic E-state index is -0.519. The SMILES string of the molecule is O=C1c2oc3ccc(Cl)cc3c(=O)c2[C@H](c2ccc(Br)cc2)N1C[C@@H]1CCCO1. The van der Waals surface area contributed by atoms with Crippen LogP contribution in [0.15, 0.2) is 56.1 Å². The van der Waals surface area contributed by atoms with Crippen LogP contribution in [-0.2, 0) is 4.74 Å². The molecule has 5 rings (SSSR count). The van der Waals surface area contributed by atoms with E-state index in [1.807, 2.05) is 24.3 Å². The monoisotopic (exact) mass is 473 g/mol. The molecule has 1 amide bonds. The fourth-order valence-electron chi connectivity index (χ4n) is 4.18. The lowest BCUT2D eigenvalue weighted by molar-refractivity contribution is 0.0486. The zero-order valence-electron chi connectivity index (χ0n) is 15.4. The van der Waals surface area contributed by atoms with Gasteiger partial charge in [0, 0.05) is 22.6 Å². The van der Waals surface area contributed by atoms with Crippen LogP contribution in [0, 0.1) is 0 Å². The van der Waals surface area contributed by atoms with Crippen molar-refractivity contribution in [2.75, 3.05) is 13.2 Å². The zero-order valence-corrected chi connectivity index (χ0v) is 17.7. The van der Waals surface area contributed by atoms with Crippen LogP contribution in [-0.4, -0.2) is 30.1 Å². The average Bonchev–Trinajstić information content (AvgIpc) is 3.32. The van der Waals surface area contributed by atoms with Crippen molar-refractivity contribution in [1.29, 1.82) is 0 Å². The maximum atomic E-state index is 13.4. The number of hydrogen-bond donors (Lipinski definition) is 0. The summed E-state index contributed by atoms with van der Waals surface area (Å²) < 4.78 is 12.6. The lowest BCUT2D eigenvalue weighted by atomic mass is 9.98. The molecule has 3 heterocycles. The molecule has 0 N–H and O–H groups in total. The second-order valence-electron chi connectivity index (χ2n) is 7.36. The van der Waals surface area contributed by atoms with Gasteiger partial charge < -0.3 is 14.1 Å². The van der Waals surface area contributed by atoms with Gasteiger partial charge in [0.1, 0.15) is 5.58 Å². The molecule has 148 valence electrons. The van der Waals surface area contributed by atoms with Crippen LogP contribution in [0.5, 0.6) is 0 Å². The molecule has 29 heavy (non-hydrogen) atoms. The summed E-state index contributed by atoms with van der Waals surface area (Å²) in [5, 5.41) is 0.829. The molecule has 2 aliphatic rings. The van der Waals surface area contributed by atoms with Crippen LogP contribution in [0.1, 0.15) is 40.6 Å². The fourth-order valence-corrected chi connectivity index (χ4v) is 4.62. The summed E-state index contributed by atoms with van der Waals surface area (Å²) in [7, 11) is 0. The van der Waals surface area contributed by atoms with Crippen LogP contribution in [0.25, 0.3) is 11.0 Å². The van der Waals surface area contributed by atoms with Gasteiger partial charge in [-0.25, -0.2) is 0 Å². The van der Waals surface area contributed by atoms with E-state index in [-0.39, 0.29) is 23.2 Å². The van der Waals surface area contributed by atoms with Gasteiger partial charge >= 0.3 is 0 Å². The summed E-state index contributed by atoms with van der Waals surface area (Å²) in [4.78, 5) is 28.4. The van der Waals surface area contributed by atoms with Gasteiger partial charge in [0.2, 0.25) is 5.76 Å². The van der Waals surface area contributed by atoms with E-state index in [1.54, 1.807) is 23.1 Å². The predicted octanol–water partition coefficient (Wildman–Crippen LogP) is 4.93. The van der Waals surface area contributed by atoms with E-state index in [4.69, 9.17) is 20.8 Å². The number of benzene rings is 2. The molecule has 1 aromatic heterocycles. The molecule has 5 nitrogen and oxygen atoms in total. The van der Waals surface area contributed by atoms with Crippen LogP contribution < -0.4 is 5.43 Å². The van der Waals surface area contributed by atoms with Crippen molar-refractivity contribution in [2.45, 2.75) is 25.0 Å².